The summed E-state index contributed by atoms with van der Waals surface area (Å²) < 4.78 is 19.4. The molecule has 0 aromatic heterocycles. The number of carboxylic acids is 1. The maximum atomic E-state index is 13.9. The van der Waals surface area contributed by atoms with Crippen LogP contribution in [-0.4, -0.2) is 72.7 Å². The van der Waals surface area contributed by atoms with Crippen LogP contribution < -0.4 is 0 Å². The fourth-order valence-electron chi connectivity index (χ4n) is 2.49. The maximum absolute atomic E-state index is 13.9. The van der Waals surface area contributed by atoms with Crippen LogP contribution in [0.2, 0.25) is 5.02 Å². The highest BCUT2D eigenvalue weighted by molar-refractivity contribution is 6.30. The second kappa shape index (κ2) is 7.72. The molecule has 0 spiro atoms. The van der Waals surface area contributed by atoms with Crippen molar-refractivity contribution in [1.82, 2.24) is 9.80 Å². The van der Waals surface area contributed by atoms with Crippen molar-refractivity contribution in [2.45, 2.75) is 6.10 Å². The summed E-state index contributed by atoms with van der Waals surface area (Å²) in [6.45, 7) is 1.23. The molecule has 1 aromatic carbocycles. The van der Waals surface area contributed by atoms with Gasteiger partial charge in [-0.25, -0.2) is 4.39 Å². The number of amides is 1. The molecule has 1 atom stereocenters. The summed E-state index contributed by atoms with van der Waals surface area (Å²) in [6.07, 6.45) is -0.313. The number of likely N-dealkylation sites (N-methyl/N-ethyl adjacent to an activating group) is 1. The molecule has 1 aliphatic rings. The van der Waals surface area contributed by atoms with Crippen molar-refractivity contribution < 1.29 is 23.8 Å². The molecule has 126 valence electrons. The van der Waals surface area contributed by atoms with E-state index in [1.165, 1.54) is 17.0 Å². The van der Waals surface area contributed by atoms with E-state index in [1.807, 2.05) is 0 Å². The average Bonchev–Trinajstić information content (AvgIpc) is 2.46. The summed E-state index contributed by atoms with van der Waals surface area (Å²) in [4.78, 5) is 26.2. The molecule has 1 amide bonds. The van der Waals surface area contributed by atoms with Crippen LogP contribution in [0, 0.1) is 5.82 Å². The quantitative estimate of drug-likeness (QED) is 0.872. The van der Waals surface area contributed by atoms with Crippen molar-refractivity contribution in [3.8, 4) is 0 Å². The first-order valence-corrected chi connectivity index (χ1v) is 7.51. The topological polar surface area (TPSA) is 70.1 Å². The van der Waals surface area contributed by atoms with Crippen molar-refractivity contribution >= 4 is 23.5 Å². The third-order valence-corrected chi connectivity index (χ3v) is 3.74. The number of nitrogens with zero attached hydrogens (tertiary/aromatic N) is 2. The second-order valence-electron chi connectivity index (χ2n) is 5.46. The highest BCUT2D eigenvalue weighted by Crippen LogP contribution is 2.18. The fraction of sp³-hybridized carbons (Fsp3) is 0.467. The van der Waals surface area contributed by atoms with E-state index in [0.717, 1.165) is 6.07 Å². The molecular weight excluding hydrogens is 327 g/mol. The number of benzene rings is 1. The Morgan fingerprint density at radius 1 is 1.52 bits per heavy atom. The minimum Gasteiger partial charge on any atom is -0.480 e. The lowest BCUT2D eigenvalue weighted by atomic mass is 10.1. The molecule has 1 fully saturated rings. The van der Waals surface area contributed by atoms with Crippen LogP contribution in [0.4, 0.5) is 4.39 Å². The third kappa shape index (κ3) is 4.89. The van der Waals surface area contributed by atoms with Crippen LogP contribution in [0.3, 0.4) is 0 Å². The number of hydrogen-bond donors (Lipinski definition) is 1. The predicted octanol–water partition coefficient (Wildman–Crippen LogP) is 1.34. The molecule has 1 aromatic rings. The Labute approximate surface area is 138 Å². The van der Waals surface area contributed by atoms with E-state index >= 15 is 0 Å². The number of halogens is 2. The molecule has 6 nitrogen and oxygen atoms in total. The molecule has 1 N–H and O–H groups in total. The number of aliphatic carboxylic acids is 1. The molecule has 2 rings (SSSR count). The Morgan fingerprint density at radius 2 is 2.26 bits per heavy atom. The zero-order chi connectivity index (χ0) is 17.0. The second-order valence-corrected chi connectivity index (χ2v) is 5.90. The van der Waals surface area contributed by atoms with E-state index in [2.05, 4.69) is 0 Å². The molecule has 8 heteroatoms. The van der Waals surface area contributed by atoms with Gasteiger partial charge in [-0.1, -0.05) is 11.6 Å². The zero-order valence-electron chi connectivity index (χ0n) is 12.7. The van der Waals surface area contributed by atoms with E-state index in [1.54, 1.807) is 11.9 Å². The van der Waals surface area contributed by atoms with Gasteiger partial charge in [0, 0.05) is 24.7 Å². The molecule has 1 aliphatic heterocycles. The molecule has 23 heavy (non-hydrogen) atoms. The summed E-state index contributed by atoms with van der Waals surface area (Å²) in [6, 6.07) is 3.94. The lowest BCUT2D eigenvalue weighted by Crippen LogP contribution is -2.49. The minimum atomic E-state index is -0.931. The Hall–Kier alpha value is -1.70. The zero-order valence-corrected chi connectivity index (χ0v) is 13.4. The molecule has 0 bridgehead atoms. The standard InChI is InChI=1S/C15H18ClFN2O4/c1-18(9-14(20)21)7-11-8-19(4-5-23-11)15(22)12-3-2-10(16)6-13(12)17/h2-3,6,11H,4-5,7-9H2,1H3,(H,20,21)/t11-/m0/s1. The summed E-state index contributed by atoms with van der Waals surface area (Å²) in [7, 11) is 1.66. The maximum Gasteiger partial charge on any atom is 0.317 e. The average molecular weight is 345 g/mol. The Kier molecular flexibility index (Phi) is 5.92. The number of rotatable bonds is 5. The number of carbonyl (C=O) groups excluding carboxylic acids is 1. The first kappa shape index (κ1) is 17.7. The highest BCUT2D eigenvalue weighted by atomic mass is 35.5. The van der Waals surface area contributed by atoms with Gasteiger partial charge in [0.1, 0.15) is 5.82 Å². The van der Waals surface area contributed by atoms with Crippen LogP contribution in [0.5, 0.6) is 0 Å². The van der Waals surface area contributed by atoms with Gasteiger partial charge in [-0.15, -0.1) is 0 Å². The van der Waals surface area contributed by atoms with Gasteiger partial charge in [-0.2, -0.15) is 0 Å². The summed E-state index contributed by atoms with van der Waals surface area (Å²) in [5.41, 5.74) is -0.0334. The van der Waals surface area contributed by atoms with Crippen molar-refractivity contribution in [1.29, 1.82) is 0 Å². The van der Waals surface area contributed by atoms with Crippen LogP contribution >= 0.6 is 11.6 Å². The first-order valence-electron chi connectivity index (χ1n) is 7.13. The Morgan fingerprint density at radius 3 is 2.91 bits per heavy atom. The lowest BCUT2D eigenvalue weighted by Gasteiger charge is -2.34. The van der Waals surface area contributed by atoms with Gasteiger partial charge in [0.05, 0.1) is 24.8 Å². The smallest absolute Gasteiger partial charge is 0.317 e. The van der Waals surface area contributed by atoms with Crippen molar-refractivity contribution in [3.05, 3.63) is 34.6 Å². The minimum absolute atomic E-state index is 0.0334. The Bertz CT molecular complexity index is 599. The molecule has 1 saturated heterocycles. The van der Waals surface area contributed by atoms with Gasteiger partial charge < -0.3 is 14.7 Å². The van der Waals surface area contributed by atoms with Crippen LogP contribution in [0.1, 0.15) is 10.4 Å². The SMILES string of the molecule is CN(CC(=O)O)C[C@H]1CN(C(=O)c2ccc(Cl)cc2F)CCO1. The van der Waals surface area contributed by atoms with E-state index in [0.29, 0.717) is 19.7 Å². The number of carbonyl (C=O) groups is 2. The van der Waals surface area contributed by atoms with Crippen LogP contribution in [0.15, 0.2) is 18.2 Å². The first-order chi connectivity index (χ1) is 10.9. The number of carboxylic acid groups (broad SMARTS) is 1. The van der Waals surface area contributed by atoms with Gasteiger partial charge >= 0.3 is 5.97 Å². The number of hydrogen-bond acceptors (Lipinski definition) is 4. The van der Waals surface area contributed by atoms with Gasteiger partial charge in [0.15, 0.2) is 0 Å². The monoisotopic (exact) mass is 344 g/mol. The largest absolute Gasteiger partial charge is 0.480 e. The predicted molar refractivity (Wildman–Crippen MR) is 82.2 cm³/mol. The van der Waals surface area contributed by atoms with Crippen LogP contribution in [-0.2, 0) is 9.53 Å². The fourth-order valence-corrected chi connectivity index (χ4v) is 2.65. The molecular formula is C15H18ClFN2O4. The van der Waals surface area contributed by atoms with E-state index in [-0.39, 0.29) is 29.8 Å². The molecule has 0 saturated carbocycles. The molecule has 1 heterocycles. The summed E-state index contributed by atoms with van der Waals surface area (Å²) in [5.74, 6) is -2.01. The number of morpholine rings is 1. The molecule has 0 radical (unpaired) electrons. The van der Waals surface area contributed by atoms with Crippen molar-refractivity contribution in [2.24, 2.45) is 0 Å². The molecule has 0 unspecified atom stereocenters. The van der Waals surface area contributed by atoms with Gasteiger partial charge in [0.2, 0.25) is 0 Å². The van der Waals surface area contributed by atoms with E-state index < -0.39 is 17.7 Å². The van der Waals surface area contributed by atoms with Crippen molar-refractivity contribution in [3.63, 3.8) is 0 Å². The highest BCUT2D eigenvalue weighted by Gasteiger charge is 2.27. The van der Waals surface area contributed by atoms with Crippen molar-refractivity contribution in [2.75, 3.05) is 39.8 Å². The van der Waals surface area contributed by atoms with Gasteiger partial charge in [-0.05, 0) is 25.2 Å². The lowest BCUT2D eigenvalue weighted by molar-refractivity contribution is -0.138. The van der Waals surface area contributed by atoms with Crippen LogP contribution in [0.25, 0.3) is 0 Å². The van der Waals surface area contributed by atoms with Gasteiger partial charge in [0.25, 0.3) is 5.91 Å². The Balaban J connectivity index is 2.00. The molecule has 0 aliphatic carbocycles. The number of ether oxygens (including phenoxy) is 1. The van der Waals surface area contributed by atoms with E-state index in [9.17, 15) is 14.0 Å². The summed E-state index contributed by atoms with van der Waals surface area (Å²) >= 11 is 5.69. The normalized spacial score (nSPS) is 18.3. The van der Waals surface area contributed by atoms with E-state index in [4.69, 9.17) is 21.4 Å². The van der Waals surface area contributed by atoms with Gasteiger partial charge in [-0.3, -0.25) is 14.5 Å². The summed E-state index contributed by atoms with van der Waals surface area (Å²) in [5, 5.41) is 8.99. The third-order valence-electron chi connectivity index (χ3n) is 3.51.